The molecule has 1 aromatic heterocycles. The van der Waals surface area contributed by atoms with Crippen LogP contribution in [0, 0.1) is 0 Å². The van der Waals surface area contributed by atoms with E-state index >= 15 is 0 Å². The van der Waals surface area contributed by atoms with Gasteiger partial charge in [-0.25, -0.2) is 4.79 Å². The van der Waals surface area contributed by atoms with Crippen molar-refractivity contribution < 1.29 is 9.53 Å². The van der Waals surface area contributed by atoms with Crippen LogP contribution in [0.4, 0.5) is 0 Å². The van der Waals surface area contributed by atoms with Gasteiger partial charge in [-0.3, -0.25) is 5.10 Å². The van der Waals surface area contributed by atoms with E-state index in [0.717, 1.165) is 27.6 Å². The molecule has 23 heavy (non-hydrogen) atoms. The lowest BCUT2D eigenvalue weighted by atomic mass is 9.93. The molecule has 0 saturated carbocycles. The molecule has 0 aliphatic heterocycles. The summed E-state index contributed by atoms with van der Waals surface area (Å²) >= 11 is 0. The molecule has 0 bridgehead atoms. The highest BCUT2D eigenvalue weighted by molar-refractivity contribution is 6.03. The van der Waals surface area contributed by atoms with Crippen LogP contribution in [0.1, 0.15) is 29.9 Å². The van der Waals surface area contributed by atoms with Gasteiger partial charge in [0.15, 0.2) is 5.69 Å². The minimum Gasteiger partial charge on any atom is -0.464 e. The Bertz CT molecular complexity index is 858. The average Bonchev–Trinajstić information content (AvgIpc) is 2.96. The van der Waals surface area contributed by atoms with Gasteiger partial charge in [-0.1, -0.05) is 30.3 Å². The summed E-state index contributed by atoms with van der Waals surface area (Å²) < 4.78 is 4.77. The molecule has 3 aromatic rings. The Morgan fingerprint density at radius 3 is 2.39 bits per heavy atom. The molecule has 5 nitrogen and oxygen atoms in total. The number of nitrogens with two attached hydrogens (primary N) is 1. The van der Waals surface area contributed by atoms with Crippen molar-refractivity contribution in [3.05, 3.63) is 53.7 Å². The van der Waals surface area contributed by atoms with Crippen LogP contribution in [-0.4, -0.2) is 23.3 Å². The summed E-state index contributed by atoms with van der Waals surface area (Å²) in [4.78, 5) is 11.8. The highest BCUT2D eigenvalue weighted by Crippen LogP contribution is 2.27. The minimum atomic E-state index is -0.450. The van der Waals surface area contributed by atoms with E-state index in [1.54, 1.807) is 0 Å². The number of nitrogens with zero attached hydrogens (tertiary/aromatic N) is 1. The summed E-state index contributed by atoms with van der Waals surface area (Å²) in [6.45, 7) is 3.95. The molecule has 0 unspecified atom stereocenters. The summed E-state index contributed by atoms with van der Waals surface area (Å²) in [7, 11) is 1.35. The van der Waals surface area contributed by atoms with E-state index in [2.05, 4.69) is 10.2 Å². The molecule has 0 radical (unpaired) electrons. The van der Waals surface area contributed by atoms with Crippen LogP contribution in [0.2, 0.25) is 0 Å². The predicted molar refractivity (Wildman–Crippen MR) is 90.1 cm³/mol. The summed E-state index contributed by atoms with van der Waals surface area (Å²) in [5.74, 6) is -0.450. The molecule has 0 amide bonds. The monoisotopic (exact) mass is 309 g/mol. The van der Waals surface area contributed by atoms with E-state index in [1.165, 1.54) is 7.11 Å². The number of aromatic nitrogens is 2. The van der Waals surface area contributed by atoms with Crippen molar-refractivity contribution >= 4 is 16.9 Å². The maximum atomic E-state index is 11.8. The summed E-state index contributed by atoms with van der Waals surface area (Å²) in [5, 5.41) is 7.62. The standard InChI is InChI=1S/C18H19N3O2/c1-18(2,19)13-7-4-11(5-8-13)12-6-9-15-14(10-12)16(21-20-15)17(22)23-3/h4-10H,19H2,1-3H3,(H,20,21). The quantitative estimate of drug-likeness (QED) is 0.728. The lowest BCUT2D eigenvalue weighted by molar-refractivity contribution is 0.0596. The van der Waals surface area contributed by atoms with E-state index in [-0.39, 0.29) is 5.54 Å². The van der Waals surface area contributed by atoms with Crippen LogP contribution in [-0.2, 0) is 10.3 Å². The third kappa shape index (κ3) is 2.83. The summed E-state index contributed by atoms with van der Waals surface area (Å²) in [5.41, 5.74) is 9.96. The molecule has 0 fully saturated rings. The Morgan fingerprint density at radius 1 is 1.13 bits per heavy atom. The predicted octanol–water partition coefficient (Wildman–Crippen LogP) is 3.21. The van der Waals surface area contributed by atoms with Crippen molar-refractivity contribution in [3.8, 4) is 11.1 Å². The van der Waals surface area contributed by atoms with Crippen LogP contribution >= 0.6 is 0 Å². The number of ether oxygens (including phenoxy) is 1. The molecule has 0 spiro atoms. The molecule has 0 atom stereocenters. The van der Waals surface area contributed by atoms with E-state index in [4.69, 9.17) is 10.5 Å². The number of esters is 1. The van der Waals surface area contributed by atoms with Gasteiger partial charge in [0, 0.05) is 10.9 Å². The molecule has 118 valence electrons. The number of nitrogens with one attached hydrogen (secondary N) is 1. The lowest BCUT2D eigenvalue weighted by Crippen LogP contribution is -2.28. The zero-order valence-corrected chi connectivity index (χ0v) is 13.4. The zero-order valence-electron chi connectivity index (χ0n) is 13.4. The number of aromatic amines is 1. The van der Waals surface area contributed by atoms with Crippen LogP contribution in [0.3, 0.4) is 0 Å². The highest BCUT2D eigenvalue weighted by Gasteiger charge is 2.16. The van der Waals surface area contributed by atoms with Crippen LogP contribution < -0.4 is 5.73 Å². The zero-order chi connectivity index (χ0) is 16.6. The van der Waals surface area contributed by atoms with Crippen molar-refractivity contribution in [3.63, 3.8) is 0 Å². The third-order valence-corrected chi connectivity index (χ3v) is 3.90. The molecule has 1 heterocycles. The first-order chi connectivity index (χ1) is 10.9. The summed E-state index contributed by atoms with van der Waals surface area (Å²) in [6, 6.07) is 13.9. The van der Waals surface area contributed by atoms with Crippen LogP contribution in [0.15, 0.2) is 42.5 Å². The number of methoxy groups -OCH3 is 1. The van der Waals surface area contributed by atoms with E-state index in [1.807, 2.05) is 56.3 Å². The normalized spacial score (nSPS) is 11.7. The van der Waals surface area contributed by atoms with Gasteiger partial charge in [0.05, 0.1) is 12.6 Å². The van der Waals surface area contributed by atoms with Gasteiger partial charge in [-0.2, -0.15) is 5.10 Å². The Labute approximate surface area is 134 Å². The number of carbonyl (C=O) groups excluding carboxylic acids is 1. The molecule has 5 heteroatoms. The van der Waals surface area contributed by atoms with Gasteiger partial charge >= 0.3 is 5.97 Å². The Hall–Kier alpha value is -2.66. The molecule has 3 rings (SSSR count). The van der Waals surface area contributed by atoms with Crippen molar-refractivity contribution in [2.75, 3.05) is 7.11 Å². The fourth-order valence-corrected chi connectivity index (χ4v) is 2.54. The molecule has 3 N–H and O–H groups in total. The first kappa shape index (κ1) is 15.2. The largest absolute Gasteiger partial charge is 0.464 e. The Kier molecular flexibility index (Phi) is 3.66. The summed E-state index contributed by atoms with van der Waals surface area (Å²) in [6.07, 6.45) is 0. The third-order valence-electron chi connectivity index (χ3n) is 3.90. The number of hydrogen-bond acceptors (Lipinski definition) is 4. The number of benzene rings is 2. The van der Waals surface area contributed by atoms with E-state index in [9.17, 15) is 4.79 Å². The first-order valence-corrected chi connectivity index (χ1v) is 7.36. The van der Waals surface area contributed by atoms with Gasteiger partial charge in [-0.15, -0.1) is 0 Å². The fraction of sp³-hybridized carbons (Fsp3) is 0.222. The van der Waals surface area contributed by atoms with Crippen LogP contribution in [0.25, 0.3) is 22.0 Å². The maximum Gasteiger partial charge on any atom is 0.359 e. The van der Waals surface area contributed by atoms with Crippen LogP contribution in [0.5, 0.6) is 0 Å². The SMILES string of the molecule is COC(=O)c1n[nH]c2ccc(-c3ccc(C(C)(C)N)cc3)cc12. The van der Waals surface area contributed by atoms with Crippen molar-refractivity contribution in [2.45, 2.75) is 19.4 Å². The smallest absolute Gasteiger partial charge is 0.359 e. The molecule has 2 aromatic carbocycles. The van der Waals surface area contributed by atoms with Gasteiger partial charge in [0.2, 0.25) is 0 Å². The second kappa shape index (κ2) is 5.52. The van der Waals surface area contributed by atoms with Gasteiger partial charge < -0.3 is 10.5 Å². The topological polar surface area (TPSA) is 81.0 Å². The van der Waals surface area contributed by atoms with E-state index < -0.39 is 5.97 Å². The number of fused-ring (bicyclic) bond motifs is 1. The van der Waals surface area contributed by atoms with Crippen molar-refractivity contribution in [1.82, 2.24) is 10.2 Å². The molecule has 0 saturated heterocycles. The van der Waals surface area contributed by atoms with Crippen molar-refractivity contribution in [1.29, 1.82) is 0 Å². The second-order valence-electron chi connectivity index (χ2n) is 6.12. The molecule has 0 aliphatic rings. The lowest BCUT2D eigenvalue weighted by Gasteiger charge is -2.19. The Balaban J connectivity index is 2.04. The first-order valence-electron chi connectivity index (χ1n) is 7.36. The number of H-pyrrole nitrogens is 1. The van der Waals surface area contributed by atoms with E-state index in [0.29, 0.717) is 5.69 Å². The molecular weight excluding hydrogens is 290 g/mol. The minimum absolute atomic E-state index is 0.295. The maximum absolute atomic E-state index is 11.8. The molecular formula is C18H19N3O2. The van der Waals surface area contributed by atoms with Crippen molar-refractivity contribution in [2.24, 2.45) is 5.73 Å². The van der Waals surface area contributed by atoms with Gasteiger partial charge in [0.1, 0.15) is 0 Å². The fourth-order valence-electron chi connectivity index (χ4n) is 2.54. The second-order valence-corrected chi connectivity index (χ2v) is 6.12. The number of hydrogen-bond donors (Lipinski definition) is 2. The van der Waals surface area contributed by atoms with Gasteiger partial charge in [0.25, 0.3) is 0 Å². The molecule has 0 aliphatic carbocycles. The van der Waals surface area contributed by atoms with Gasteiger partial charge in [-0.05, 0) is 42.7 Å². The average molecular weight is 309 g/mol. The number of rotatable bonds is 3. The Morgan fingerprint density at radius 2 is 1.78 bits per heavy atom. The number of carbonyl (C=O) groups is 1. The highest BCUT2D eigenvalue weighted by atomic mass is 16.5.